The number of hydrogen-bond donors (Lipinski definition) is 2. The summed E-state index contributed by atoms with van der Waals surface area (Å²) in [6.07, 6.45) is 1.74. The minimum Gasteiger partial charge on any atom is -0.395 e. The normalized spacial score (nSPS) is 28.2. The van der Waals surface area contributed by atoms with E-state index in [1.54, 1.807) is 0 Å². The van der Waals surface area contributed by atoms with Crippen LogP contribution in [-0.4, -0.2) is 34.6 Å². The topological polar surface area (TPSA) is 52.6 Å². The van der Waals surface area contributed by atoms with Crippen LogP contribution in [0, 0.1) is 0 Å². The lowest BCUT2D eigenvalue weighted by atomic mass is 10.1. The van der Waals surface area contributed by atoms with Crippen LogP contribution in [0.5, 0.6) is 0 Å². The number of aliphatic hydroxyl groups excluding tert-OH is 1. The highest BCUT2D eigenvalue weighted by Crippen LogP contribution is 2.31. The predicted molar refractivity (Wildman–Crippen MR) is 64.5 cm³/mol. The number of rotatable bonds is 1. The zero-order valence-corrected chi connectivity index (χ0v) is 9.60. The van der Waals surface area contributed by atoms with Gasteiger partial charge in [0.2, 0.25) is 5.91 Å². The number of nitrogens with one attached hydrogen (secondary N) is 1. The maximum absolute atomic E-state index is 12.1. The lowest BCUT2D eigenvalue weighted by Crippen LogP contribution is -2.42. The first-order chi connectivity index (χ1) is 8.29. The van der Waals surface area contributed by atoms with Gasteiger partial charge in [-0.15, -0.1) is 0 Å². The minimum absolute atomic E-state index is 0.0610. The Hall–Kier alpha value is -1.39. The SMILES string of the molecule is O=C1Nc2ccccc2CN2[C@@H](CO)CC[C@@H]12. The van der Waals surface area contributed by atoms with Crippen LogP contribution < -0.4 is 5.32 Å². The molecule has 4 heteroatoms. The second-order valence-corrected chi connectivity index (χ2v) is 4.75. The highest BCUT2D eigenvalue weighted by molar-refractivity contribution is 5.96. The van der Waals surface area contributed by atoms with E-state index in [1.807, 2.05) is 24.3 Å². The summed E-state index contributed by atoms with van der Waals surface area (Å²) < 4.78 is 0. The molecule has 0 aromatic heterocycles. The van der Waals surface area contributed by atoms with Gasteiger partial charge >= 0.3 is 0 Å². The Morgan fingerprint density at radius 3 is 3.00 bits per heavy atom. The fourth-order valence-electron chi connectivity index (χ4n) is 2.85. The Morgan fingerprint density at radius 1 is 1.35 bits per heavy atom. The maximum Gasteiger partial charge on any atom is 0.241 e. The van der Waals surface area contributed by atoms with E-state index < -0.39 is 0 Å². The molecule has 2 heterocycles. The minimum atomic E-state index is -0.0838. The van der Waals surface area contributed by atoms with Gasteiger partial charge in [0.25, 0.3) is 0 Å². The third-order valence-electron chi connectivity index (χ3n) is 3.78. The van der Waals surface area contributed by atoms with Crippen molar-refractivity contribution in [1.29, 1.82) is 0 Å². The molecule has 0 unspecified atom stereocenters. The average Bonchev–Trinajstić information content (AvgIpc) is 2.68. The van der Waals surface area contributed by atoms with Crippen LogP contribution in [0.3, 0.4) is 0 Å². The van der Waals surface area contributed by atoms with Crippen LogP contribution in [0.25, 0.3) is 0 Å². The van der Waals surface area contributed by atoms with Crippen LogP contribution >= 0.6 is 0 Å². The molecule has 4 nitrogen and oxygen atoms in total. The van der Waals surface area contributed by atoms with E-state index in [0.29, 0.717) is 0 Å². The summed E-state index contributed by atoms with van der Waals surface area (Å²) in [5, 5.41) is 12.3. The first kappa shape index (κ1) is 10.7. The molecule has 2 aliphatic rings. The number of carbonyl (C=O) groups excluding carboxylic acids is 1. The molecule has 1 saturated heterocycles. The van der Waals surface area contributed by atoms with Crippen molar-refractivity contribution in [3.8, 4) is 0 Å². The number of nitrogens with zero attached hydrogens (tertiary/aromatic N) is 1. The molecule has 17 heavy (non-hydrogen) atoms. The largest absolute Gasteiger partial charge is 0.395 e. The van der Waals surface area contributed by atoms with E-state index in [0.717, 1.165) is 30.6 Å². The van der Waals surface area contributed by atoms with E-state index in [9.17, 15) is 9.90 Å². The zero-order valence-electron chi connectivity index (χ0n) is 9.60. The fourth-order valence-corrected chi connectivity index (χ4v) is 2.85. The summed E-state index contributed by atoms with van der Waals surface area (Å²) in [7, 11) is 0. The molecule has 2 aliphatic heterocycles. The first-order valence-corrected chi connectivity index (χ1v) is 6.05. The monoisotopic (exact) mass is 232 g/mol. The van der Waals surface area contributed by atoms with Gasteiger partial charge in [-0.2, -0.15) is 0 Å². The van der Waals surface area contributed by atoms with Gasteiger partial charge in [0, 0.05) is 18.3 Å². The Morgan fingerprint density at radius 2 is 2.18 bits per heavy atom. The third-order valence-corrected chi connectivity index (χ3v) is 3.78. The molecule has 3 rings (SSSR count). The molecule has 1 amide bonds. The molecule has 1 fully saturated rings. The molecule has 0 spiro atoms. The Bertz CT molecular complexity index is 447. The number of anilines is 1. The van der Waals surface area contributed by atoms with Crippen molar-refractivity contribution >= 4 is 11.6 Å². The van der Waals surface area contributed by atoms with Crippen LogP contribution in [0.1, 0.15) is 18.4 Å². The highest BCUT2D eigenvalue weighted by Gasteiger charge is 2.39. The number of hydrogen-bond acceptors (Lipinski definition) is 3. The molecule has 2 atom stereocenters. The third kappa shape index (κ3) is 1.73. The van der Waals surface area contributed by atoms with Gasteiger partial charge < -0.3 is 10.4 Å². The lowest BCUT2D eigenvalue weighted by Gasteiger charge is -2.25. The van der Waals surface area contributed by atoms with E-state index in [2.05, 4.69) is 10.2 Å². The second kappa shape index (κ2) is 4.13. The van der Waals surface area contributed by atoms with Gasteiger partial charge in [-0.05, 0) is 24.5 Å². The van der Waals surface area contributed by atoms with E-state index >= 15 is 0 Å². The molecule has 0 radical (unpaired) electrons. The van der Waals surface area contributed by atoms with Crippen molar-refractivity contribution in [2.45, 2.75) is 31.5 Å². The molecular formula is C13H16N2O2. The van der Waals surface area contributed by atoms with E-state index in [1.165, 1.54) is 0 Å². The Labute approximate surface area is 100 Å². The van der Waals surface area contributed by atoms with Crippen molar-refractivity contribution in [2.75, 3.05) is 11.9 Å². The van der Waals surface area contributed by atoms with Gasteiger partial charge in [-0.3, -0.25) is 9.69 Å². The summed E-state index contributed by atoms with van der Waals surface area (Å²) in [5.41, 5.74) is 2.03. The van der Waals surface area contributed by atoms with Crippen molar-refractivity contribution < 1.29 is 9.90 Å². The van der Waals surface area contributed by atoms with Gasteiger partial charge in [0.15, 0.2) is 0 Å². The Balaban J connectivity index is 1.97. The molecule has 0 saturated carbocycles. The summed E-state index contributed by atoms with van der Waals surface area (Å²) in [4.78, 5) is 14.2. The standard InChI is InChI=1S/C13H16N2O2/c16-8-10-5-6-12-13(17)14-11-4-2-1-3-9(11)7-15(10)12/h1-4,10,12,16H,5-8H2,(H,14,17)/t10-,12+/m1/s1. The van der Waals surface area contributed by atoms with Gasteiger partial charge in [0.1, 0.15) is 0 Å². The predicted octanol–water partition coefficient (Wildman–Crippen LogP) is 0.964. The molecule has 0 aliphatic carbocycles. The summed E-state index contributed by atoms with van der Waals surface area (Å²) in [6.45, 7) is 0.872. The number of para-hydroxylation sites is 1. The van der Waals surface area contributed by atoms with Crippen LogP contribution in [0.15, 0.2) is 24.3 Å². The summed E-state index contributed by atoms with van der Waals surface area (Å²) >= 11 is 0. The van der Waals surface area contributed by atoms with Crippen LogP contribution in [0.4, 0.5) is 5.69 Å². The molecular weight excluding hydrogens is 216 g/mol. The second-order valence-electron chi connectivity index (χ2n) is 4.75. The van der Waals surface area contributed by atoms with E-state index in [4.69, 9.17) is 0 Å². The number of carbonyl (C=O) groups is 1. The number of aliphatic hydroxyl groups is 1. The zero-order chi connectivity index (χ0) is 11.8. The number of fused-ring (bicyclic) bond motifs is 2. The Kier molecular flexibility index (Phi) is 2.61. The number of amides is 1. The summed E-state index contributed by atoms with van der Waals surface area (Å²) in [6, 6.07) is 7.92. The smallest absolute Gasteiger partial charge is 0.241 e. The van der Waals surface area contributed by atoms with Gasteiger partial charge in [0.05, 0.1) is 12.6 Å². The maximum atomic E-state index is 12.1. The molecule has 0 bridgehead atoms. The van der Waals surface area contributed by atoms with Crippen LogP contribution in [-0.2, 0) is 11.3 Å². The average molecular weight is 232 g/mol. The van der Waals surface area contributed by atoms with Crippen molar-refractivity contribution in [3.63, 3.8) is 0 Å². The molecule has 1 aromatic carbocycles. The highest BCUT2D eigenvalue weighted by atomic mass is 16.3. The van der Waals surface area contributed by atoms with Crippen LogP contribution in [0.2, 0.25) is 0 Å². The van der Waals surface area contributed by atoms with Crippen molar-refractivity contribution in [1.82, 2.24) is 4.90 Å². The summed E-state index contributed by atoms with van der Waals surface area (Å²) in [5.74, 6) is 0.0610. The molecule has 1 aromatic rings. The lowest BCUT2D eigenvalue weighted by molar-refractivity contribution is -0.120. The molecule has 90 valence electrons. The number of benzene rings is 1. The van der Waals surface area contributed by atoms with Gasteiger partial charge in [-0.1, -0.05) is 18.2 Å². The van der Waals surface area contributed by atoms with E-state index in [-0.39, 0.29) is 24.6 Å². The molecule has 2 N–H and O–H groups in total. The van der Waals surface area contributed by atoms with Crippen molar-refractivity contribution in [3.05, 3.63) is 29.8 Å². The fraction of sp³-hybridized carbons (Fsp3) is 0.462. The quantitative estimate of drug-likeness (QED) is 0.758. The van der Waals surface area contributed by atoms with Crippen molar-refractivity contribution in [2.24, 2.45) is 0 Å². The first-order valence-electron chi connectivity index (χ1n) is 6.05. The van der Waals surface area contributed by atoms with Gasteiger partial charge in [-0.25, -0.2) is 0 Å².